The molecule has 4 rings (SSSR count). The second-order valence-corrected chi connectivity index (χ2v) is 11.5. The molecule has 218 valence electrons. The van der Waals surface area contributed by atoms with Crippen molar-refractivity contribution in [1.82, 2.24) is 9.88 Å². The van der Waals surface area contributed by atoms with Crippen LogP contribution in [0.1, 0.15) is 76.7 Å². The van der Waals surface area contributed by atoms with Crippen LogP contribution in [-0.4, -0.2) is 55.1 Å². The van der Waals surface area contributed by atoms with Crippen LogP contribution < -0.4 is 20.4 Å². The maximum absolute atomic E-state index is 15.8. The van der Waals surface area contributed by atoms with E-state index >= 15 is 8.78 Å². The van der Waals surface area contributed by atoms with Crippen LogP contribution in [0, 0.1) is 5.82 Å². The number of nitrogens with zero attached hydrogens (tertiary/aromatic N) is 2. The van der Waals surface area contributed by atoms with Crippen molar-refractivity contribution in [3.05, 3.63) is 45.3 Å². The summed E-state index contributed by atoms with van der Waals surface area (Å²) in [6.07, 6.45) is 2.98. The smallest absolute Gasteiger partial charge is 0.408 e. The number of benzene rings is 1. The lowest BCUT2D eigenvalue weighted by Crippen LogP contribution is -2.35. The fourth-order valence-corrected chi connectivity index (χ4v) is 4.87. The molecule has 11 heteroatoms. The monoisotopic (exact) mass is 561 g/mol. The zero-order valence-corrected chi connectivity index (χ0v) is 23.9. The SMILES string of the molecule is COc1c(N2CCC/C(=C(\F)CNC(=O)OC(C)(C)C)C2)c(F)cc2c(=O)c(C(=O)OC(C)C)cn(C3CC3)c12. The number of carbonyl (C=O) groups is 2. The number of hydrogen-bond donors (Lipinski definition) is 1. The van der Waals surface area contributed by atoms with Crippen molar-refractivity contribution in [3.63, 3.8) is 0 Å². The number of fused-ring (bicyclic) bond motifs is 1. The van der Waals surface area contributed by atoms with Gasteiger partial charge in [-0.25, -0.2) is 18.4 Å². The molecule has 1 N–H and O–H groups in total. The molecule has 0 radical (unpaired) electrons. The highest BCUT2D eigenvalue weighted by atomic mass is 19.1. The quantitative estimate of drug-likeness (QED) is 0.452. The predicted octanol–water partition coefficient (Wildman–Crippen LogP) is 5.40. The number of ether oxygens (including phenoxy) is 3. The molecule has 0 atom stereocenters. The number of anilines is 1. The van der Waals surface area contributed by atoms with Gasteiger partial charge in [-0.15, -0.1) is 0 Å². The van der Waals surface area contributed by atoms with Crippen molar-refractivity contribution in [1.29, 1.82) is 0 Å². The topological polar surface area (TPSA) is 99.1 Å². The summed E-state index contributed by atoms with van der Waals surface area (Å²) in [4.78, 5) is 39.7. The normalized spacial score (nSPS) is 17.2. The molecule has 2 aliphatic rings. The fourth-order valence-electron chi connectivity index (χ4n) is 4.87. The molecule has 1 aliphatic heterocycles. The van der Waals surface area contributed by atoms with Crippen LogP contribution in [0.5, 0.6) is 5.75 Å². The Bertz CT molecular complexity index is 1410. The minimum atomic E-state index is -0.763. The number of carbonyl (C=O) groups excluding carboxylic acids is 2. The average Bonchev–Trinajstić information content (AvgIpc) is 3.71. The Balaban J connectivity index is 1.72. The molecule has 1 aromatic heterocycles. The van der Waals surface area contributed by atoms with Gasteiger partial charge in [-0.05, 0) is 71.9 Å². The van der Waals surface area contributed by atoms with Crippen LogP contribution in [0.3, 0.4) is 0 Å². The van der Waals surface area contributed by atoms with Gasteiger partial charge >= 0.3 is 12.1 Å². The van der Waals surface area contributed by atoms with Crippen LogP contribution in [0.2, 0.25) is 0 Å². The number of rotatable bonds is 7. The number of esters is 1. The lowest BCUT2D eigenvalue weighted by Gasteiger charge is -2.33. The standard InChI is InChI=1S/C29H37F2N3O6/c1-16(2)39-27(36)20-15-34(18-9-10-18)23-19(25(20)35)12-21(30)24(26(23)38-6)33-11-7-8-17(14-33)22(31)13-32-28(37)40-29(3,4)5/h12,15-16,18H,7-11,13-14H2,1-6H3,(H,32,37)/b22-17+. The summed E-state index contributed by atoms with van der Waals surface area (Å²) in [5.74, 6) is -1.84. The highest BCUT2D eigenvalue weighted by Crippen LogP contribution is 2.44. The Morgan fingerprint density at radius 2 is 1.93 bits per heavy atom. The molecular formula is C29H37F2N3O6. The van der Waals surface area contributed by atoms with E-state index in [0.29, 0.717) is 30.5 Å². The van der Waals surface area contributed by atoms with Crippen LogP contribution in [0.15, 0.2) is 28.5 Å². The Kier molecular flexibility index (Phi) is 8.41. The number of piperidine rings is 1. The van der Waals surface area contributed by atoms with Crippen molar-refractivity contribution in [2.24, 2.45) is 0 Å². The molecule has 0 unspecified atom stereocenters. The molecule has 1 aromatic carbocycles. The third kappa shape index (κ3) is 6.39. The van der Waals surface area contributed by atoms with E-state index in [4.69, 9.17) is 14.2 Å². The van der Waals surface area contributed by atoms with Crippen LogP contribution in [0.4, 0.5) is 19.3 Å². The number of nitrogens with one attached hydrogen (secondary N) is 1. The summed E-state index contributed by atoms with van der Waals surface area (Å²) in [6, 6.07) is 1.15. The lowest BCUT2D eigenvalue weighted by molar-refractivity contribution is 0.0375. The summed E-state index contributed by atoms with van der Waals surface area (Å²) < 4.78 is 48.8. The lowest BCUT2D eigenvalue weighted by atomic mass is 10.0. The second kappa shape index (κ2) is 11.5. The number of amides is 1. The summed E-state index contributed by atoms with van der Waals surface area (Å²) in [5, 5.41) is 2.44. The Labute approximate surface area is 232 Å². The fraction of sp³-hybridized carbons (Fsp3) is 0.552. The van der Waals surface area contributed by atoms with Gasteiger partial charge in [-0.2, -0.15) is 0 Å². The molecule has 0 bridgehead atoms. The van der Waals surface area contributed by atoms with E-state index in [2.05, 4.69) is 5.32 Å². The first kappa shape index (κ1) is 29.4. The van der Waals surface area contributed by atoms with Gasteiger partial charge in [0, 0.05) is 25.3 Å². The van der Waals surface area contributed by atoms with Gasteiger partial charge in [0.1, 0.15) is 22.7 Å². The van der Waals surface area contributed by atoms with Gasteiger partial charge in [0.25, 0.3) is 0 Å². The number of aromatic nitrogens is 1. The number of hydrogen-bond acceptors (Lipinski definition) is 7. The van der Waals surface area contributed by atoms with E-state index in [1.807, 2.05) is 0 Å². The maximum atomic E-state index is 15.8. The first-order valence-electron chi connectivity index (χ1n) is 13.5. The van der Waals surface area contributed by atoms with Crippen LogP contribution in [-0.2, 0) is 9.47 Å². The van der Waals surface area contributed by atoms with Crippen molar-refractivity contribution >= 4 is 28.7 Å². The third-order valence-electron chi connectivity index (χ3n) is 6.68. The Morgan fingerprint density at radius 3 is 2.52 bits per heavy atom. The van der Waals surface area contributed by atoms with E-state index in [-0.39, 0.29) is 41.5 Å². The Morgan fingerprint density at radius 1 is 1.23 bits per heavy atom. The van der Waals surface area contributed by atoms with Crippen molar-refractivity contribution in [3.8, 4) is 5.75 Å². The molecule has 1 saturated carbocycles. The van der Waals surface area contributed by atoms with Gasteiger partial charge in [0.05, 0.1) is 30.7 Å². The molecule has 0 spiro atoms. The molecule has 2 fully saturated rings. The maximum Gasteiger partial charge on any atom is 0.408 e. The van der Waals surface area contributed by atoms with Crippen LogP contribution in [0.25, 0.3) is 10.9 Å². The van der Waals surface area contributed by atoms with Gasteiger partial charge in [-0.3, -0.25) is 4.79 Å². The number of halogens is 2. The highest BCUT2D eigenvalue weighted by Gasteiger charge is 2.32. The van der Waals surface area contributed by atoms with Crippen LogP contribution >= 0.6 is 0 Å². The molecule has 2 heterocycles. The van der Waals surface area contributed by atoms with Gasteiger partial charge < -0.3 is 29.0 Å². The molecule has 40 heavy (non-hydrogen) atoms. The second-order valence-electron chi connectivity index (χ2n) is 11.5. The van der Waals surface area contributed by atoms with Crippen molar-refractivity contribution in [2.45, 2.75) is 78.0 Å². The molecule has 1 saturated heterocycles. The number of pyridine rings is 1. The number of alkyl carbamates (subject to hydrolysis) is 1. The third-order valence-corrected chi connectivity index (χ3v) is 6.68. The molecular weight excluding hydrogens is 524 g/mol. The predicted molar refractivity (Wildman–Crippen MR) is 147 cm³/mol. The van der Waals surface area contributed by atoms with Crippen molar-refractivity contribution < 1.29 is 32.6 Å². The van der Waals surface area contributed by atoms with Gasteiger partial charge in [0.15, 0.2) is 11.6 Å². The summed E-state index contributed by atoms with van der Waals surface area (Å²) in [5.41, 5.74) is -0.585. The molecule has 9 nitrogen and oxygen atoms in total. The van der Waals surface area contributed by atoms with E-state index in [1.165, 1.54) is 13.3 Å². The summed E-state index contributed by atoms with van der Waals surface area (Å²) in [6.45, 7) is 8.68. The largest absolute Gasteiger partial charge is 0.492 e. The highest BCUT2D eigenvalue weighted by molar-refractivity contribution is 5.97. The van der Waals surface area contributed by atoms with E-state index in [9.17, 15) is 14.4 Å². The zero-order chi connectivity index (χ0) is 29.4. The minimum Gasteiger partial charge on any atom is -0.492 e. The average molecular weight is 562 g/mol. The minimum absolute atomic E-state index is 0.0173. The Hall–Kier alpha value is -3.63. The van der Waals surface area contributed by atoms with E-state index < -0.39 is 40.8 Å². The van der Waals surface area contributed by atoms with E-state index in [1.54, 1.807) is 44.1 Å². The summed E-state index contributed by atoms with van der Waals surface area (Å²) >= 11 is 0. The first-order chi connectivity index (χ1) is 18.8. The number of methoxy groups -OCH3 is 1. The van der Waals surface area contributed by atoms with E-state index in [0.717, 1.165) is 18.9 Å². The van der Waals surface area contributed by atoms with Gasteiger partial charge in [-0.1, -0.05) is 0 Å². The van der Waals surface area contributed by atoms with Gasteiger partial charge in [0.2, 0.25) is 5.43 Å². The molecule has 2 aromatic rings. The zero-order valence-electron chi connectivity index (χ0n) is 23.9. The molecule has 1 amide bonds. The van der Waals surface area contributed by atoms with Crippen molar-refractivity contribution in [2.75, 3.05) is 31.6 Å². The first-order valence-corrected chi connectivity index (χ1v) is 13.5. The summed E-state index contributed by atoms with van der Waals surface area (Å²) in [7, 11) is 1.40. The molecule has 1 aliphatic carbocycles.